The van der Waals surface area contributed by atoms with Gasteiger partial charge in [-0.1, -0.05) is 18.6 Å². The first-order chi connectivity index (χ1) is 8.13. The first kappa shape index (κ1) is 13.6. The van der Waals surface area contributed by atoms with Gasteiger partial charge in [-0.3, -0.25) is 0 Å². The van der Waals surface area contributed by atoms with Gasteiger partial charge in [-0.2, -0.15) is 0 Å². The molecule has 0 radical (unpaired) electrons. The van der Waals surface area contributed by atoms with Gasteiger partial charge in [0.1, 0.15) is 0 Å². The maximum Gasteiger partial charge on any atom is 0.358 e. The van der Waals surface area contributed by atoms with E-state index in [2.05, 4.69) is 17.2 Å². The SMILES string of the molecule is CCCCOCC(O)Cn1cc(C(=O)O)nn1. The summed E-state index contributed by atoms with van der Waals surface area (Å²) < 4.78 is 6.52. The van der Waals surface area contributed by atoms with Gasteiger partial charge in [0.15, 0.2) is 5.69 Å². The van der Waals surface area contributed by atoms with E-state index < -0.39 is 12.1 Å². The molecule has 0 aliphatic carbocycles. The standard InChI is InChI=1S/C10H17N3O4/c1-2-3-4-17-7-8(14)5-13-6-9(10(15)16)11-12-13/h6,8,14H,2-5,7H2,1H3,(H,15,16). The van der Waals surface area contributed by atoms with E-state index in [0.717, 1.165) is 12.8 Å². The minimum absolute atomic E-state index is 0.135. The summed E-state index contributed by atoms with van der Waals surface area (Å²) in [5.74, 6) is -1.13. The zero-order valence-electron chi connectivity index (χ0n) is 9.74. The van der Waals surface area contributed by atoms with Gasteiger partial charge in [0.25, 0.3) is 0 Å². The molecule has 96 valence electrons. The summed E-state index contributed by atoms with van der Waals surface area (Å²) in [5, 5.41) is 25.3. The third-order valence-electron chi connectivity index (χ3n) is 2.11. The molecule has 1 rings (SSSR count). The maximum atomic E-state index is 10.5. The Labute approximate surface area is 99.0 Å². The second kappa shape index (κ2) is 6.97. The number of carbonyl (C=O) groups is 1. The number of rotatable bonds is 8. The zero-order valence-corrected chi connectivity index (χ0v) is 9.74. The normalized spacial score (nSPS) is 12.6. The summed E-state index contributed by atoms with van der Waals surface area (Å²) in [6.07, 6.45) is 2.56. The molecule has 17 heavy (non-hydrogen) atoms. The van der Waals surface area contributed by atoms with Gasteiger partial charge in [-0.25, -0.2) is 9.48 Å². The molecule has 0 saturated carbocycles. The minimum Gasteiger partial charge on any atom is -0.476 e. The van der Waals surface area contributed by atoms with Gasteiger partial charge in [-0.05, 0) is 6.42 Å². The van der Waals surface area contributed by atoms with Crippen LogP contribution in [-0.4, -0.2) is 50.5 Å². The Bertz CT molecular complexity index is 353. The lowest BCUT2D eigenvalue weighted by Gasteiger charge is -2.10. The molecule has 0 aromatic carbocycles. The van der Waals surface area contributed by atoms with Crippen LogP contribution in [-0.2, 0) is 11.3 Å². The Morgan fingerprint density at radius 3 is 3.00 bits per heavy atom. The van der Waals surface area contributed by atoms with E-state index in [0.29, 0.717) is 6.61 Å². The predicted octanol–water partition coefficient (Wildman–Crippen LogP) is 0.154. The Kier molecular flexibility index (Phi) is 5.58. The number of nitrogens with zero attached hydrogens (tertiary/aromatic N) is 3. The Morgan fingerprint density at radius 1 is 1.65 bits per heavy atom. The van der Waals surface area contributed by atoms with Crippen LogP contribution in [0.15, 0.2) is 6.20 Å². The molecule has 7 heteroatoms. The number of ether oxygens (including phenoxy) is 1. The third-order valence-corrected chi connectivity index (χ3v) is 2.11. The lowest BCUT2D eigenvalue weighted by Crippen LogP contribution is -2.22. The summed E-state index contributed by atoms with van der Waals surface area (Å²) >= 11 is 0. The van der Waals surface area contributed by atoms with E-state index in [9.17, 15) is 9.90 Å². The fourth-order valence-corrected chi connectivity index (χ4v) is 1.22. The van der Waals surface area contributed by atoms with Crippen molar-refractivity contribution in [1.82, 2.24) is 15.0 Å². The van der Waals surface area contributed by atoms with Crippen molar-refractivity contribution >= 4 is 5.97 Å². The Hall–Kier alpha value is -1.47. The number of aliphatic hydroxyl groups is 1. The van der Waals surface area contributed by atoms with Gasteiger partial charge in [-0.15, -0.1) is 5.10 Å². The second-order valence-electron chi connectivity index (χ2n) is 3.71. The van der Waals surface area contributed by atoms with E-state index in [1.165, 1.54) is 10.9 Å². The Morgan fingerprint density at radius 2 is 2.41 bits per heavy atom. The molecule has 0 saturated heterocycles. The molecule has 1 aromatic heterocycles. The summed E-state index contributed by atoms with van der Waals surface area (Å²) in [6.45, 7) is 3.06. The van der Waals surface area contributed by atoms with E-state index in [1.54, 1.807) is 0 Å². The van der Waals surface area contributed by atoms with E-state index >= 15 is 0 Å². The van der Waals surface area contributed by atoms with E-state index in [1.807, 2.05) is 0 Å². The van der Waals surface area contributed by atoms with Crippen molar-refractivity contribution in [2.75, 3.05) is 13.2 Å². The number of aliphatic hydroxyl groups excluding tert-OH is 1. The van der Waals surface area contributed by atoms with Crippen LogP contribution in [0.5, 0.6) is 0 Å². The lowest BCUT2D eigenvalue weighted by atomic mass is 10.3. The number of carboxylic acids is 1. The highest BCUT2D eigenvalue weighted by Gasteiger charge is 2.11. The van der Waals surface area contributed by atoms with Gasteiger partial charge in [0.05, 0.1) is 25.5 Å². The molecule has 1 aromatic rings. The largest absolute Gasteiger partial charge is 0.476 e. The monoisotopic (exact) mass is 243 g/mol. The van der Waals surface area contributed by atoms with Gasteiger partial charge >= 0.3 is 5.97 Å². The minimum atomic E-state index is -1.13. The van der Waals surface area contributed by atoms with Gasteiger partial charge in [0, 0.05) is 6.61 Å². The number of unbranched alkanes of at least 4 members (excludes halogenated alkanes) is 1. The van der Waals surface area contributed by atoms with Crippen LogP contribution in [0, 0.1) is 0 Å². The third kappa shape index (κ3) is 4.92. The summed E-state index contributed by atoms with van der Waals surface area (Å²) in [7, 11) is 0. The van der Waals surface area contributed by atoms with Crippen LogP contribution >= 0.6 is 0 Å². The Balaban J connectivity index is 2.29. The molecular formula is C10H17N3O4. The number of aromatic carboxylic acids is 1. The van der Waals surface area contributed by atoms with Crippen molar-refractivity contribution in [2.24, 2.45) is 0 Å². The van der Waals surface area contributed by atoms with Gasteiger partial charge < -0.3 is 14.9 Å². The van der Waals surface area contributed by atoms with E-state index in [-0.39, 0.29) is 18.8 Å². The van der Waals surface area contributed by atoms with E-state index in [4.69, 9.17) is 9.84 Å². The molecule has 0 fully saturated rings. The number of hydrogen-bond acceptors (Lipinski definition) is 5. The average Bonchev–Trinajstić information content (AvgIpc) is 2.73. The molecule has 0 bridgehead atoms. The second-order valence-corrected chi connectivity index (χ2v) is 3.71. The number of aromatic nitrogens is 3. The number of carboxylic acid groups (broad SMARTS) is 1. The first-order valence-corrected chi connectivity index (χ1v) is 5.52. The van der Waals surface area contributed by atoms with Crippen molar-refractivity contribution in [3.05, 3.63) is 11.9 Å². The van der Waals surface area contributed by atoms with Crippen molar-refractivity contribution in [2.45, 2.75) is 32.4 Å². The molecule has 0 aliphatic heterocycles. The fourth-order valence-electron chi connectivity index (χ4n) is 1.22. The van der Waals surface area contributed by atoms with Crippen molar-refractivity contribution in [1.29, 1.82) is 0 Å². The smallest absolute Gasteiger partial charge is 0.358 e. The van der Waals surface area contributed by atoms with Crippen LogP contribution < -0.4 is 0 Å². The van der Waals surface area contributed by atoms with Gasteiger partial charge in [0.2, 0.25) is 0 Å². The van der Waals surface area contributed by atoms with Crippen molar-refractivity contribution < 1.29 is 19.7 Å². The quantitative estimate of drug-likeness (QED) is 0.631. The summed E-state index contributed by atoms with van der Waals surface area (Å²) in [5.41, 5.74) is -0.135. The molecule has 7 nitrogen and oxygen atoms in total. The molecule has 0 aliphatic rings. The maximum absolute atomic E-state index is 10.5. The molecule has 0 spiro atoms. The zero-order chi connectivity index (χ0) is 12.7. The van der Waals surface area contributed by atoms with Crippen LogP contribution in [0.25, 0.3) is 0 Å². The molecule has 1 atom stereocenters. The lowest BCUT2D eigenvalue weighted by molar-refractivity contribution is 0.0251. The highest BCUT2D eigenvalue weighted by atomic mass is 16.5. The van der Waals surface area contributed by atoms with Crippen LogP contribution in [0.3, 0.4) is 0 Å². The predicted molar refractivity (Wildman–Crippen MR) is 58.7 cm³/mol. The molecular weight excluding hydrogens is 226 g/mol. The first-order valence-electron chi connectivity index (χ1n) is 5.52. The molecule has 2 N–H and O–H groups in total. The molecule has 1 unspecified atom stereocenters. The summed E-state index contributed by atoms with van der Waals surface area (Å²) in [4.78, 5) is 10.5. The topological polar surface area (TPSA) is 97.5 Å². The van der Waals surface area contributed by atoms with Crippen molar-refractivity contribution in [3.8, 4) is 0 Å². The highest BCUT2D eigenvalue weighted by molar-refractivity contribution is 5.84. The molecule has 1 heterocycles. The number of hydrogen-bond donors (Lipinski definition) is 2. The van der Waals surface area contributed by atoms with Crippen LogP contribution in [0.2, 0.25) is 0 Å². The van der Waals surface area contributed by atoms with Crippen molar-refractivity contribution in [3.63, 3.8) is 0 Å². The fraction of sp³-hybridized carbons (Fsp3) is 0.700. The van der Waals surface area contributed by atoms with Crippen LogP contribution in [0.4, 0.5) is 0 Å². The average molecular weight is 243 g/mol. The highest BCUT2D eigenvalue weighted by Crippen LogP contribution is 1.97. The van der Waals surface area contributed by atoms with Crippen LogP contribution in [0.1, 0.15) is 30.3 Å². The summed E-state index contributed by atoms with van der Waals surface area (Å²) in [6, 6.07) is 0. The molecule has 0 amide bonds.